The number of ether oxygens (including phenoxy) is 1. The Bertz CT molecular complexity index is 497. The van der Waals surface area contributed by atoms with Gasteiger partial charge in [0.15, 0.2) is 0 Å². The largest absolute Gasteiger partial charge is 0.468 e. The molecule has 1 saturated carbocycles. The van der Waals surface area contributed by atoms with Crippen molar-refractivity contribution in [1.82, 2.24) is 5.32 Å². The molecule has 5 heteroatoms. The van der Waals surface area contributed by atoms with Crippen LogP contribution in [-0.2, 0) is 20.7 Å². The molecule has 0 heterocycles. The number of nitrogens with one attached hydrogen (secondary N) is 1. The lowest BCUT2D eigenvalue weighted by Gasteiger charge is -2.12. The SMILES string of the molecule is COC(=O)C1(C(=O)NCCc2cccc(Br)c2)CC1. The minimum absolute atomic E-state index is 0.214. The highest BCUT2D eigenvalue weighted by Gasteiger charge is 2.57. The number of esters is 1. The molecule has 1 aliphatic rings. The first-order chi connectivity index (χ1) is 9.08. The summed E-state index contributed by atoms with van der Waals surface area (Å²) >= 11 is 3.40. The van der Waals surface area contributed by atoms with Gasteiger partial charge in [-0.25, -0.2) is 0 Å². The molecule has 2 rings (SSSR count). The molecule has 0 aliphatic heterocycles. The standard InChI is InChI=1S/C14H16BrNO3/c1-19-13(18)14(6-7-14)12(17)16-8-5-10-3-2-4-11(15)9-10/h2-4,9H,5-8H2,1H3,(H,16,17). The van der Waals surface area contributed by atoms with E-state index in [2.05, 4.69) is 26.0 Å². The summed E-state index contributed by atoms with van der Waals surface area (Å²) in [6.45, 7) is 0.522. The Labute approximate surface area is 120 Å². The van der Waals surface area contributed by atoms with Gasteiger partial charge in [-0.3, -0.25) is 9.59 Å². The summed E-state index contributed by atoms with van der Waals surface area (Å²) in [6.07, 6.45) is 1.91. The van der Waals surface area contributed by atoms with E-state index in [1.54, 1.807) is 0 Å². The Kier molecular flexibility index (Phi) is 4.24. The topological polar surface area (TPSA) is 55.4 Å². The molecule has 0 bridgehead atoms. The second-order valence-electron chi connectivity index (χ2n) is 4.71. The molecule has 4 nitrogen and oxygen atoms in total. The molecule has 1 N–H and O–H groups in total. The number of rotatable bonds is 5. The average molecular weight is 326 g/mol. The van der Waals surface area contributed by atoms with Crippen LogP contribution in [0.4, 0.5) is 0 Å². The van der Waals surface area contributed by atoms with E-state index in [0.717, 1.165) is 16.5 Å². The van der Waals surface area contributed by atoms with E-state index >= 15 is 0 Å². The van der Waals surface area contributed by atoms with E-state index in [4.69, 9.17) is 0 Å². The van der Waals surface area contributed by atoms with Crippen molar-refractivity contribution in [2.24, 2.45) is 5.41 Å². The van der Waals surface area contributed by atoms with E-state index in [0.29, 0.717) is 19.4 Å². The first-order valence-electron chi connectivity index (χ1n) is 6.20. The quantitative estimate of drug-likeness (QED) is 0.666. The van der Waals surface area contributed by atoms with Gasteiger partial charge in [0.1, 0.15) is 5.41 Å². The number of hydrogen-bond acceptors (Lipinski definition) is 3. The van der Waals surface area contributed by atoms with Crippen LogP contribution in [0.25, 0.3) is 0 Å². The highest BCUT2D eigenvalue weighted by Crippen LogP contribution is 2.46. The molecule has 0 unspecified atom stereocenters. The Hall–Kier alpha value is -1.36. The summed E-state index contributed by atoms with van der Waals surface area (Å²) in [5.41, 5.74) is 0.226. The Morgan fingerprint density at radius 1 is 1.42 bits per heavy atom. The van der Waals surface area contributed by atoms with Gasteiger partial charge in [-0.05, 0) is 37.0 Å². The van der Waals surface area contributed by atoms with Crippen LogP contribution in [0.15, 0.2) is 28.7 Å². The molecular weight excluding hydrogens is 310 g/mol. The van der Waals surface area contributed by atoms with E-state index < -0.39 is 11.4 Å². The Morgan fingerprint density at radius 2 is 2.16 bits per heavy atom. The van der Waals surface area contributed by atoms with Gasteiger partial charge in [0.05, 0.1) is 7.11 Å². The van der Waals surface area contributed by atoms with Crippen molar-refractivity contribution in [3.63, 3.8) is 0 Å². The minimum Gasteiger partial charge on any atom is -0.468 e. The first-order valence-corrected chi connectivity index (χ1v) is 6.99. The molecule has 1 aromatic rings. The van der Waals surface area contributed by atoms with Gasteiger partial charge in [-0.15, -0.1) is 0 Å². The van der Waals surface area contributed by atoms with Crippen LogP contribution in [0.2, 0.25) is 0 Å². The Morgan fingerprint density at radius 3 is 2.74 bits per heavy atom. The third kappa shape index (κ3) is 3.15. The molecule has 0 radical (unpaired) electrons. The predicted molar refractivity (Wildman–Crippen MR) is 74.5 cm³/mol. The van der Waals surface area contributed by atoms with Gasteiger partial charge in [-0.2, -0.15) is 0 Å². The van der Waals surface area contributed by atoms with E-state index in [1.807, 2.05) is 24.3 Å². The lowest BCUT2D eigenvalue weighted by atomic mass is 10.1. The Balaban J connectivity index is 1.83. The van der Waals surface area contributed by atoms with Gasteiger partial charge >= 0.3 is 5.97 Å². The highest BCUT2D eigenvalue weighted by atomic mass is 79.9. The van der Waals surface area contributed by atoms with Crippen LogP contribution in [0.3, 0.4) is 0 Å². The van der Waals surface area contributed by atoms with Crippen molar-refractivity contribution in [1.29, 1.82) is 0 Å². The summed E-state index contributed by atoms with van der Waals surface area (Å²) in [6, 6.07) is 7.93. The molecule has 0 saturated heterocycles. The van der Waals surface area contributed by atoms with Gasteiger partial charge in [0.25, 0.3) is 0 Å². The van der Waals surface area contributed by atoms with Gasteiger partial charge < -0.3 is 10.1 Å². The van der Waals surface area contributed by atoms with Crippen LogP contribution in [0.5, 0.6) is 0 Å². The second kappa shape index (κ2) is 5.74. The summed E-state index contributed by atoms with van der Waals surface area (Å²) in [5, 5.41) is 2.81. The van der Waals surface area contributed by atoms with Crippen LogP contribution in [-0.4, -0.2) is 25.5 Å². The molecular formula is C14H16BrNO3. The monoisotopic (exact) mass is 325 g/mol. The molecule has 1 amide bonds. The number of methoxy groups -OCH3 is 1. The summed E-state index contributed by atoms with van der Waals surface area (Å²) in [7, 11) is 1.32. The lowest BCUT2D eigenvalue weighted by molar-refractivity contribution is -0.152. The molecule has 1 aliphatic carbocycles. The molecule has 0 atom stereocenters. The molecule has 1 fully saturated rings. The zero-order valence-corrected chi connectivity index (χ0v) is 12.3. The number of carbonyl (C=O) groups is 2. The number of benzene rings is 1. The number of amides is 1. The molecule has 0 spiro atoms. The van der Waals surface area contributed by atoms with Crippen molar-refractivity contribution >= 4 is 27.8 Å². The van der Waals surface area contributed by atoms with Crippen LogP contribution < -0.4 is 5.32 Å². The highest BCUT2D eigenvalue weighted by molar-refractivity contribution is 9.10. The van der Waals surface area contributed by atoms with Crippen molar-refractivity contribution < 1.29 is 14.3 Å². The third-order valence-corrected chi connectivity index (χ3v) is 3.84. The normalized spacial score (nSPS) is 15.7. The molecule has 19 heavy (non-hydrogen) atoms. The lowest BCUT2D eigenvalue weighted by Crippen LogP contribution is -2.38. The maximum atomic E-state index is 12.0. The van der Waals surface area contributed by atoms with Crippen LogP contribution in [0.1, 0.15) is 18.4 Å². The molecule has 1 aromatic carbocycles. The maximum Gasteiger partial charge on any atom is 0.321 e. The smallest absolute Gasteiger partial charge is 0.321 e. The number of carbonyl (C=O) groups excluding carboxylic acids is 2. The molecule has 102 valence electrons. The summed E-state index contributed by atoms with van der Waals surface area (Å²) in [5.74, 6) is -0.637. The van der Waals surface area contributed by atoms with Crippen molar-refractivity contribution in [3.8, 4) is 0 Å². The van der Waals surface area contributed by atoms with Crippen molar-refractivity contribution in [2.75, 3.05) is 13.7 Å². The van der Waals surface area contributed by atoms with E-state index in [9.17, 15) is 9.59 Å². The van der Waals surface area contributed by atoms with Gasteiger partial charge in [0, 0.05) is 11.0 Å². The number of halogens is 1. The molecule has 0 aromatic heterocycles. The van der Waals surface area contributed by atoms with Crippen molar-refractivity contribution in [3.05, 3.63) is 34.3 Å². The predicted octanol–water partition coefficient (Wildman–Crippen LogP) is 2.06. The van der Waals surface area contributed by atoms with Gasteiger partial charge in [-0.1, -0.05) is 28.1 Å². The average Bonchev–Trinajstić information content (AvgIpc) is 3.19. The second-order valence-corrected chi connectivity index (χ2v) is 5.63. The van der Waals surface area contributed by atoms with Crippen LogP contribution in [0, 0.1) is 5.41 Å². The van der Waals surface area contributed by atoms with E-state index in [1.165, 1.54) is 7.11 Å². The van der Waals surface area contributed by atoms with Crippen LogP contribution >= 0.6 is 15.9 Å². The summed E-state index contributed by atoms with van der Waals surface area (Å²) < 4.78 is 5.69. The first kappa shape index (κ1) is 14.1. The maximum absolute atomic E-state index is 12.0. The fraction of sp³-hybridized carbons (Fsp3) is 0.429. The number of hydrogen-bond donors (Lipinski definition) is 1. The zero-order valence-electron chi connectivity index (χ0n) is 10.7. The fourth-order valence-corrected chi connectivity index (χ4v) is 2.47. The van der Waals surface area contributed by atoms with E-state index in [-0.39, 0.29) is 5.91 Å². The zero-order chi connectivity index (χ0) is 13.9. The third-order valence-electron chi connectivity index (χ3n) is 3.35. The fourth-order valence-electron chi connectivity index (χ4n) is 2.03. The van der Waals surface area contributed by atoms with Gasteiger partial charge in [0.2, 0.25) is 5.91 Å². The minimum atomic E-state index is -0.911. The summed E-state index contributed by atoms with van der Waals surface area (Å²) in [4.78, 5) is 23.5. The van der Waals surface area contributed by atoms with Crippen molar-refractivity contribution in [2.45, 2.75) is 19.3 Å².